The molecule has 0 saturated carbocycles. The number of hydrogen-bond donors (Lipinski definition) is 7. The number of aliphatic hydroxyl groups is 7. The first-order chi connectivity index (χ1) is 32.0. The van der Waals surface area contributed by atoms with E-state index in [2.05, 4.69) is 62.5 Å². The molecule has 382 valence electrons. The van der Waals surface area contributed by atoms with Crippen molar-refractivity contribution in [2.24, 2.45) is 0 Å². The van der Waals surface area contributed by atoms with Gasteiger partial charge in [0.25, 0.3) is 0 Å². The number of hydrogen-bond acceptors (Lipinski definition) is 15. The van der Waals surface area contributed by atoms with Crippen LogP contribution in [0.15, 0.2) is 48.6 Å². The molecule has 0 radical (unpaired) electrons. The zero-order chi connectivity index (χ0) is 48.2. The lowest BCUT2D eigenvalue weighted by atomic mass is 9.98. The van der Waals surface area contributed by atoms with Gasteiger partial charge in [-0.25, -0.2) is 0 Å². The minimum Gasteiger partial charge on any atom is -0.462 e. The first-order valence-electron chi connectivity index (χ1n) is 25.2. The highest BCUT2D eigenvalue weighted by molar-refractivity contribution is 5.70. The SMILES string of the molecule is CCCCC/C=C/C/C=C/CCCCCCCC(=O)O[C@H](COC(=O)CCCC/C=C/C/C=C/CCCCCCCC)CO[C@@H]1O[C@H](CO[C@@H]2O[C@H](CO)[C@H](O)C(O)C2O)[C@H](O)C(O)C1O. The number of unbranched alkanes of at least 4 members (excludes halogenated alkanes) is 16. The molecule has 15 nitrogen and oxygen atoms in total. The number of rotatable bonds is 38. The largest absolute Gasteiger partial charge is 0.462 e. The standard InChI is InChI=1S/C51H88O15/c1-3-5-7-9-11-13-15-17-19-21-23-25-27-29-31-33-42(53)61-36-39(64-43(54)34-32-30-28-26-24-22-20-18-16-14-12-10-8-6-4-2)37-62-50-49(60)47(58)45(56)41(66-50)38-63-51-48(59)46(57)44(55)40(35-52)65-51/h12,14,17-20,23,25,39-41,44-52,55-60H,3-11,13,15-16,21-22,24,26-38H2,1-2H3/b14-12+,19-17+,20-18+,25-23+/t39-,40-,41-,44+,45+,46?,47?,48?,49?,50-,51-/m1/s1. The molecule has 15 heteroatoms. The van der Waals surface area contributed by atoms with Crippen molar-refractivity contribution < 1.29 is 73.8 Å². The van der Waals surface area contributed by atoms with E-state index >= 15 is 0 Å². The van der Waals surface area contributed by atoms with Crippen molar-refractivity contribution in [2.75, 3.05) is 26.4 Å². The molecule has 0 aromatic heterocycles. The molecule has 2 aliphatic rings. The fourth-order valence-electron chi connectivity index (χ4n) is 7.57. The number of carbonyl (C=O) groups is 2. The second-order valence-corrected chi connectivity index (χ2v) is 17.6. The second-order valence-electron chi connectivity index (χ2n) is 17.6. The Morgan fingerprint density at radius 1 is 0.485 bits per heavy atom. The summed E-state index contributed by atoms with van der Waals surface area (Å²) in [6.07, 6.45) is 24.3. The minimum absolute atomic E-state index is 0.141. The normalized spacial score (nSPS) is 26.6. The summed E-state index contributed by atoms with van der Waals surface area (Å²) in [7, 11) is 0. The summed E-state index contributed by atoms with van der Waals surface area (Å²) in [5.41, 5.74) is 0. The Balaban J connectivity index is 1.85. The van der Waals surface area contributed by atoms with Gasteiger partial charge in [0, 0.05) is 12.8 Å². The molecular weight excluding hydrogens is 853 g/mol. The smallest absolute Gasteiger partial charge is 0.306 e. The average Bonchev–Trinajstić information content (AvgIpc) is 3.31. The van der Waals surface area contributed by atoms with Crippen LogP contribution in [-0.4, -0.2) is 142 Å². The minimum atomic E-state index is -1.77. The van der Waals surface area contributed by atoms with E-state index < -0.39 is 99.3 Å². The van der Waals surface area contributed by atoms with E-state index in [4.69, 9.17) is 28.4 Å². The monoisotopic (exact) mass is 941 g/mol. The Morgan fingerprint density at radius 3 is 1.47 bits per heavy atom. The molecule has 2 saturated heterocycles. The molecule has 2 aliphatic heterocycles. The van der Waals surface area contributed by atoms with Crippen molar-refractivity contribution >= 4 is 11.9 Å². The predicted octanol–water partition coefficient (Wildman–Crippen LogP) is 6.71. The highest BCUT2D eigenvalue weighted by Gasteiger charge is 2.47. The summed E-state index contributed by atoms with van der Waals surface area (Å²) in [5, 5.41) is 72.0. The van der Waals surface area contributed by atoms with Gasteiger partial charge >= 0.3 is 11.9 Å². The van der Waals surface area contributed by atoms with Crippen LogP contribution in [0, 0.1) is 0 Å². The molecule has 66 heavy (non-hydrogen) atoms. The average molecular weight is 941 g/mol. The third-order valence-electron chi connectivity index (χ3n) is 11.8. The summed E-state index contributed by atoms with van der Waals surface area (Å²) < 4.78 is 33.5. The highest BCUT2D eigenvalue weighted by atomic mass is 16.7. The number of carbonyl (C=O) groups excluding carboxylic acids is 2. The quantitative estimate of drug-likeness (QED) is 0.0194. The summed E-state index contributed by atoms with van der Waals surface area (Å²) >= 11 is 0. The van der Waals surface area contributed by atoms with E-state index in [1.807, 2.05) is 0 Å². The van der Waals surface area contributed by atoms with Gasteiger partial charge in [0.15, 0.2) is 18.7 Å². The van der Waals surface area contributed by atoms with Gasteiger partial charge in [-0.15, -0.1) is 0 Å². The van der Waals surface area contributed by atoms with Crippen molar-refractivity contribution in [3.05, 3.63) is 48.6 Å². The summed E-state index contributed by atoms with van der Waals surface area (Å²) in [6, 6.07) is 0. The molecule has 2 rings (SSSR count). The van der Waals surface area contributed by atoms with E-state index in [1.165, 1.54) is 57.8 Å². The zero-order valence-electron chi connectivity index (χ0n) is 40.2. The first kappa shape index (κ1) is 59.6. The number of allylic oxidation sites excluding steroid dienone is 8. The Kier molecular flexibility index (Phi) is 34.6. The van der Waals surface area contributed by atoms with Crippen molar-refractivity contribution in [2.45, 2.75) is 235 Å². The Hall–Kier alpha value is -2.54. The van der Waals surface area contributed by atoms with Crippen molar-refractivity contribution in [3.8, 4) is 0 Å². The lowest BCUT2D eigenvalue weighted by molar-refractivity contribution is -0.332. The summed E-state index contributed by atoms with van der Waals surface area (Å²) in [6.45, 7) is 2.49. The maximum atomic E-state index is 13.0. The molecule has 2 fully saturated rings. The molecule has 7 N–H and O–H groups in total. The van der Waals surface area contributed by atoms with Crippen LogP contribution in [-0.2, 0) is 38.0 Å². The maximum Gasteiger partial charge on any atom is 0.306 e. The van der Waals surface area contributed by atoms with Gasteiger partial charge in [-0.2, -0.15) is 0 Å². The van der Waals surface area contributed by atoms with E-state index in [0.29, 0.717) is 12.8 Å². The Labute approximate surface area is 395 Å². The van der Waals surface area contributed by atoms with Gasteiger partial charge in [-0.05, 0) is 77.0 Å². The molecule has 0 aromatic rings. The molecule has 0 amide bonds. The van der Waals surface area contributed by atoms with Gasteiger partial charge in [-0.1, -0.05) is 127 Å². The number of aliphatic hydroxyl groups excluding tert-OH is 7. The lowest BCUT2D eigenvalue weighted by Gasteiger charge is -2.42. The third kappa shape index (κ3) is 26.3. The van der Waals surface area contributed by atoms with Gasteiger partial charge in [0.1, 0.15) is 55.4 Å². The van der Waals surface area contributed by atoms with Crippen molar-refractivity contribution in [3.63, 3.8) is 0 Å². The Bertz CT molecular complexity index is 1340. The van der Waals surface area contributed by atoms with Crippen molar-refractivity contribution in [1.29, 1.82) is 0 Å². The molecule has 2 heterocycles. The first-order valence-corrected chi connectivity index (χ1v) is 25.2. The van der Waals surface area contributed by atoms with Crippen LogP contribution in [0.1, 0.15) is 168 Å². The van der Waals surface area contributed by atoms with E-state index in [1.54, 1.807) is 0 Å². The molecule has 11 atom stereocenters. The highest BCUT2D eigenvalue weighted by Crippen LogP contribution is 2.26. The van der Waals surface area contributed by atoms with Gasteiger partial charge in [0.2, 0.25) is 0 Å². The lowest BCUT2D eigenvalue weighted by Crippen LogP contribution is -2.61. The fourth-order valence-corrected chi connectivity index (χ4v) is 7.57. The van der Waals surface area contributed by atoms with E-state index in [0.717, 1.165) is 70.6 Å². The van der Waals surface area contributed by atoms with Crippen LogP contribution in [0.5, 0.6) is 0 Å². The Morgan fingerprint density at radius 2 is 0.909 bits per heavy atom. The van der Waals surface area contributed by atoms with Crippen LogP contribution in [0.25, 0.3) is 0 Å². The van der Waals surface area contributed by atoms with Crippen LogP contribution >= 0.6 is 0 Å². The number of esters is 2. The molecule has 4 unspecified atom stereocenters. The number of ether oxygens (including phenoxy) is 6. The van der Waals surface area contributed by atoms with Crippen molar-refractivity contribution in [1.82, 2.24) is 0 Å². The molecule has 0 bridgehead atoms. The zero-order valence-corrected chi connectivity index (χ0v) is 40.2. The predicted molar refractivity (Wildman–Crippen MR) is 252 cm³/mol. The molecule has 0 spiro atoms. The molecular formula is C51H88O15. The third-order valence-corrected chi connectivity index (χ3v) is 11.8. The van der Waals surface area contributed by atoms with Gasteiger partial charge in [-0.3, -0.25) is 9.59 Å². The van der Waals surface area contributed by atoms with E-state index in [9.17, 15) is 45.3 Å². The topological polar surface area (TPSA) is 231 Å². The maximum absolute atomic E-state index is 13.0. The summed E-state index contributed by atoms with van der Waals surface area (Å²) in [5.74, 6) is -0.981. The second kappa shape index (κ2) is 38.3. The molecule has 0 aliphatic carbocycles. The fraction of sp³-hybridized carbons (Fsp3) is 0.804. The van der Waals surface area contributed by atoms with Gasteiger partial charge in [0.05, 0.1) is 19.8 Å². The van der Waals surface area contributed by atoms with Gasteiger partial charge < -0.3 is 64.2 Å². The van der Waals surface area contributed by atoms with Crippen LogP contribution in [0.3, 0.4) is 0 Å². The molecule has 0 aromatic carbocycles. The van der Waals surface area contributed by atoms with Crippen LogP contribution < -0.4 is 0 Å². The van der Waals surface area contributed by atoms with Crippen LogP contribution in [0.2, 0.25) is 0 Å². The van der Waals surface area contributed by atoms with Crippen LogP contribution in [0.4, 0.5) is 0 Å². The van der Waals surface area contributed by atoms with E-state index in [-0.39, 0.29) is 19.4 Å². The summed E-state index contributed by atoms with van der Waals surface area (Å²) in [4.78, 5) is 25.7.